The highest BCUT2D eigenvalue weighted by atomic mass is 19.4. The molecule has 0 unspecified atom stereocenters. The molecule has 0 amide bonds. The van der Waals surface area contributed by atoms with Crippen molar-refractivity contribution in [1.29, 1.82) is 0 Å². The summed E-state index contributed by atoms with van der Waals surface area (Å²) in [4.78, 5) is 9.47. The minimum absolute atomic E-state index is 0.0326. The van der Waals surface area contributed by atoms with E-state index in [0.717, 1.165) is 6.42 Å². The lowest BCUT2D eigenvalue weighted by atomic mass is 9.98. The molecule has 1 aliphatic carbocycles. The van der Waals surface area contributed by atoms with Crippen molar-refractivity contribution in [2.24, 2.45) is 5.92 Å². The van der Waals surface area contributed by atoms with E-state index in [1.807, 2.05) is 6.07 Å². The second-order valence-corrected chi connectivity index (χ2v) is 8.00. The van der Waals surface area contributed by atoms with Gasteiger partial charge in [0.05, 0.1) is 5.56 Å². The molecule has 168 valence electrons. The molecule has 11 heteroatoms. The lowest BCUT2D eigenvalue weighted by Crippen LogP contribution is -2.36. The second kappa shape index (κ2) is 7.21. The molecule has 32 heavy (non-hydrogen) atoms. The number of anilines is 1. The Hall–Kier alpha value is -3.11. The third kappa shape index (κ3) is 3.59. The van der Waals surface area contributed by atoms with Gasteiger partial charge in [-0.2, -0.15) is 31.3 Å². The smallest absolute Gasteiger partial charge is 0.341 e. The minimum atomic E-state index is -5.02. The van der Waals surface area contributed by atoms with E-state index in [1.54, 1.807) is 24.3 Å². The normalized spacial score (nSPS) is 23.2. The average molecular weight is 454 g/mol. The molecule has 3 aromatic rings. The van der Waals surface area contributed by atoms with Crippen molar-refractivity contribution in [2.45, 2.75) is 43.7 Å². The van der Waals surface area contributed by atoms with Crippen LogP contribution in [-0.4, -0.2) is 21.2 Å². The fourth-order valence-corrected chi connectivity index (χ4v) is 4.65. The molecular weight excluding hydrogens is 438 g/mol. The summed E-state index contributed by atoms with van der Waals surface area (Å²) in [6.45, 7) is 0. The van der Waals surface area contributed by atoms with Gasteiger partial charge >= 0.3 is 12.4 Å². The van der Waals surface area contributed by atoms with E-state index in [2.05, 4.69) is 15.1 Å². The summed E-state index contributed by atoms with van der Waals surface area (Å²) in [6.07, 6.45) is -7.96. The van der Waals surface area contributed by atoms with Gasteiger partial charge in [-0.1, -0.05) is 35.5 Å². The summed E-state index contributed by atoms with van der Waals surface area (Å²) in [7, 11) is 0. The molecule has 3 heterocycles. The van der Waals surface area contributed by atoms with Crippen LogP contribution in [0.4, 0.5) is 32.2 Å². The number of benzene rings is 1. The molecular formula is C21H16F6N4O. The molecule has 2 aromatic heterocycles. The Balaban J connectivity index is 1.58. The van der Waals surface area contributed by atoms with Crippen LogP contribution >= 0.6 is 0 Å². The summed E-state index contributed by atoms with van der Waals surface area (Å²) >= 11 is 0. The van der Waals surface area contributed by atoms with Crippen LogP contribution in [0.5, 0.6) is 0 Å². The lowest BCUT2D eigenvalue weighted by molar-refractivity contribution is -0.145. The number of nitrogens with zero attached hydrogens (tertiary/aromatic N) is 4. The summed E-state index contributed by atoms with van der Waals surface area (Å²) in [5.74, 6) is 0.0405. The first-order valence-electron chi connectivity index (χ1n) is 9.95. The van der Waals surface area contributed by atoms with Gasteiger partial charge in [-0.05, 0) is 37.3 Å². The van der Waals surface area contributed by atoms with Crippen LogP contribution in [0, 0.1) is 5.92 Å². The van der Waals surface area contributed by atoms with Crippen molar-refractivity contribution in [1.82, 2.24) is 15.1 Å². The van der Waals surface area contributed by atoms with Gasteiger partial charge < -0.3 is 9.42 Å². The number of halogens is 6. The Bertz CT molecular complexity index is 1100. The van der Waals surface area contributed by atoms with E-state index in [0.29, 0.717) is 30.3 Å². The fourth-order valence-electron chi connectivity index (χ4n) is 4.65. The third-order valence-electron chi connectivity index (χ3n) is 6.01. The Labute approximate surface area is 178 Å². The first-order valence-corrected chi connectivity index (χ1v) is 9.95. The Morgan fingerprint density at radius 3 is 2.34 bits per heavy atom. The molecule has 1 saturated carbocycles. The first-order chi connectivity index (χ1) is 15.1. The molecule has 0 N–H and O–H groups in total. The molecule has 5 rings (SSSR count). The van der Waals surface area contributed by atoms with Crippen molar-refractivity contribution in [3.05, 3.63) is 59.6 Å². The summed E-state index contributed by atoms with van der Waals surface area (Å²) < 4.78 is 85.5. The predicted molar refractivity (Wildman–Crippen MR) is 100 cm³/mol. The van der Waals surface area contributed by atoms with Gasteiger partial charge in [0, 0.05) is 11.6 Å². The Morgan fingerprint density at radius 1 is 0.906 bits per heavy atom. The fraction of sp³-hybridized carbons (Fsp3) is 0.381. The van der Waals surface area contributed by atoms with E-state index in [-0.39, 0.29) is 29.7 Å². The molecule has 0 spiro atoms. The summed E-state index contributed by atoms with van der Waals surface area (Å²) in [5.41, 5.74) is -2.29. The van der Waals surface area contributed by atoms with Crippen LogP contribution in [0.3, 0.4) is 0 Å². The van der Waals surface area contributed by atoms with E-state index < -0.39 is 29.7 Å². The average Bonchev–Trinajstić information content (AvgIpc) is 3.48. The van der Waals surface area contributed by atoms with Gasteiger partial charge in [0.25, 0.3) is 0 Å². The van der Waals surface area contributed by atoms with Gasteiger partial charge in [-0.15, -0.1) is 0 Å². The summed E-state index contributed by atoms with van der Waals surface area (Å²) in [6, 6.07) is 8.75. The maximum atomic E-state index is 13.4. The van der Waals surface area contributed by atoms with Gasteiger partial charge in [0.15, 0.2) is 0 Å². The maximum Gasteiger partial charge on any atom is 0.433 e. The van der Waals surface area contributed by atoms with Gasteiger partial charge in [-0.3, -0.25) is 0 Å². The molecule has 1 aromatic carbocycles. The topological polar surface area (TPSA) is 55.1 Å². The van der Waals surface area contributed by atoms with Crippen molar-refractivity contribution >= 4 is 5.82 Å². The SMILES string of the molecule is FC(F)(F)c1cc(N2[C@@H]3CC[C@@H](C3)[C@H]2c2nc(-c3ccccc3)no2)nc(C(F)(F)F)c1. The van der Waals surface area contributed by atoms with Gasteiger partial charge in [0.2, 0.25) is 11.7 Å². The van der Waals surface area contributed by atoms with Crippen molar-refractivity contribution in [3.8, 4) is 11.4 Å². The van der Waals surface area contributed by atoms with Crippen LogP contribution in [0.1, 0.15) is 42.5 Å². The molecule has 2 fully saturated rings. The highest BCUT2D eigenvalue weighted by Gasteiger charge is 2.50. The number of alkyl halides is 6. The van der Waals surface area contributed by atoms with Crippen molar-refractivity contribution < 1.29 is 30.9 Å². The molecule has 3 atom stereocenters. The second-order valence-electron chi connectivity index (χ2n) is 8.00. The molecule has 2 aliphatic rings. The largest absolute Gasteiger partial charge is 0.433 e. The monoisotopic (exact) mass is 454 g/mol. The lowest BCUT2D eigenvalue weighted by Gasteiger charge is -2.34. The van der Waals surface area contributed by atoms with Crippen molar-refractivity contribution in [3.63, 3.8) is 0 Å². The zero-order chi connectivity index (χ0) is 22.7. The molecule has 2 bridgehead atoms. The summed E-state index contributed by atoms with van der Waals surface area (Å²) in [5, 5.41) is 3.96. The zero-order valence-corrected chi connectivity index (χ0v) is 16.4. The van der Waals surface area contributed by atoms with Crippen molar-refractivity contribution in [2.75, 3.05) is 4.90 Å². The highest BCUT2D eigenvalue weighted by Crippen LogP contribution is 2.52. The third-order valence-corrected chi connectivity index (χ3v) is 6.01. The first kappa shape index (κ1) is 20.8. The quantitative estimate of drug-likeness (QED) is 0.462. The zero-order valence-electron chi connectivity index (χ0n) is 16.4. The van der Waals surface area contributed by atoms with Crippen LogP contribution in [-0.2, 0) is 12.4 Å². The van der Waals surface area contributed by atoms with Crippen LogP contribution < -0.4 is 4.90 Å². The molecule has 5 nitrogen and oxygen atoms in total. The molecule has 0 radical (unpaired) electrons. The van der Waals surface area contributed by atoms with E-state index >= 15 is 0 Å². The van der Waals surface area contributed by atoms with E-state index in [1.165, 1.54) is 4.90 Å². The van der Waals surface area contributed by atoms with Crippen LogP contribution in [0.15, 0.2) is 47.0 Å². The number of fused-ring (bicyclic) bond motifs is 2. The van der Waals surface area contributed by atoms with Crippen LogP contribution in [0.2, 0.25) is 0 Å². The highest BCUT2D eigenvalue weighted by molar-refractivity contribution is 5.54. The number of rotatable bonds is 3. The minimum Gasteiger partial charge on any atom is -0.341 e. The van der Waals surface area contributed by atoms with Crippen LogP contribution in [0.25, 0.3) is 11.4 Å². The number of hydrogen-bond donors (Lipinski definition) is 0. The number of pyridine rings is 1. The maximum absolute atomic E-state index is 13.4. The predicted octanol–water partition coefficient (Wildman–Crippen LogP) is 5.90. The van der Waals surface area contributed by atoms with E-state index in [4.69, 9.17) is 4.52 Å². The molecule has 1 saturated heterocycles. The standard InChI is InChI=1S/C21H16F6N4O/c22-20(23,24)13-9-15(21(25,26)27)28-16(10-13)31-14-7-6-12(8-14)17(31)19-29-18(30-32-19)11-4-2-1-3-5-11/h1-5,9-10,12,14,17H,6-8H2/t12-,14+,17-/m0/s1. The molecule has 1 aliphatic heterocycles. The number of piperidine rings is 1. The van der Waals surface area contributed by atoms with E-state index in [9.17, 15) is 26.3 Å². The Kier molecular flexibility index (Phi) is 4.68. The Morgan fingerprint density at radius 2 is 1.66 bits per heavy atom. The van der Waals surface area contributed by atoms with Gasteiger partial charge in [-0.25, -0.2) is 4.98 Å². The number of aromatic nitrogens is 3. The van der Waals surface area contributed by atoms with Gasteiger partial charge in [0.1, 0.15) is 17.6 Å². The number of hydrogen-bond acceptors (Lipinski definition) is 5.